The van der Waals surface area contributed by atoms with Crippen LogP contribution in [0, 0.1) is 5.82 Å². The van der Waals surface area contributed by atoms with E-state index in [1.165, 1.54) is 12.1 Å². The van der Waals surface area contributed by atoms with Gasteiger partial charge in [0.1, 0.15) is 11.6 Å². The normalized spacial score (nSPS) is 21.2. The van der Waals surface area contributed by atoms with E-state index in [0.717, 1.165) is 54.7 Å². The van der Waals surface area contributed by atoms with Crippen molar-refractivity contribution in [3.63, 3.8) is 0 Å². The molecule has 0 saturated carbocycles. The summed E-state index contributed by atoms with van der Waals surface area (Å²) in [5.74, 6) is 0.0478. The van der Waals surface area contributed by atoms with Gasteiger partial charge in [-0.15, -0.1) is 0 Å². The van der Waals surface area contributed by atoms with Crippen molar-refractivity contribution < 1.29 is 9.50 Å². The highest BCUT2D eigenvalue weighted by molar-refractivity contribution is 5.55. The van der Waals surface area contributed by atoms with Crippen LogP contribution in [0.1, 0.15) is 48.2 Å². The summed E-state index contributed by atoms with van der Waals surface area (Å²) in [5, 5.41) is 18.7. The van der Waals surface area contributed by atoms with Gasteiger partial charge < -0.3 is 16.2 Å². The molecule has 122 valence electrons. The monoisotopic (exact) mass is 316 g/mol. The molecule has 0 bridgehead atoms. The number of nitrogens with zero attached hydrogens (tertiary/aromatic N) is 2. The molecule has 2 unspecified atom stereocenters. The van der Waals surface area contributed by atoms with Crippen molar-refractivity contribution in [2.45, 2.75) is 44.2 Å². The minimum Gasteiger partial charge on any atom is -0.385 e. The van der Waals surface area contributed by atoms with E-state index in [1.54, 1.807) is 10.7 Å². The molecule has 4 N–H and O–H groups in total. The minimum absolute atomic E-state index is 0.217. The van der Waals surface area contributed by atoms with Gasteiger partial charge in [0, 0.05) is 23.7 Å². The molecule has 2 heterocycles. The van der Waals surface area contributed by atoms with Gasteiger partial charge in [0.25, 0.3) is 0 Å². The van der Waals surface area contributed by atoms with Gasteiger partial charge >= 0.3 is 0 Å². The molecule has 4 rings (SSSR count). The molecule has 6 heteroatoms. The number of fused-ring (bicyclic) bond motifs is 2. The molecule has 2 aliphatic rings. The highest BCUT2D eigenvalue weighted by Gasteiger charge is 2.31. The number of hydrogen-bond donors (Lipinski definition) is 3. The van der Waals surface area contributed by atoms with Gasteiger partial charge in [-0.2, -0.15) is 5.10 Å². The third-order valence-electron chi connectivity index (χ3n) is 5.02. The number of nitrogens with two attached hydrogens (primary N) is 1. The third kappa shape index (κ3) is 2.37. The SMILES string of the molecule is Nc1c2c(nn1C(O)C1CCNc3ccc(F)cc31)CCCC2. The lowest BCUT2D eigenvalue weighted by Gasteiger charge is -2.30. The first-order valence-electron chi connectivity index (χ1n) is 8.22. The van der Waals surface area contributed by atoms with Crippen LogP contribution in [0.5, 0.6) is 0 Å². The second-order valence-electron chi connectivity index (χ2n) is 6.43. The summed E-state index contributed by atoms with van der Waals surface area (Å²) in [6, 6.07) is 4.65. The van der Waals surface area contributed by atoms with Gasteiger partial charge in [0.2, 0.25) is 0 Å². The number of nitrogen functional groups attached to an aromatic ring is 1. The van der Waals surface area contributed by atoms with Crippen molar-refractivity contribution in [3.05, 3.63) is 40.8 Å². The van der Waals surface area contributed by atoms with Gasteiger partial charge in [-0.3, -0.25) is 0 Å². The molecule has 1 aromatic heterocycles. The minimum atomic E-state index is -0.872. The maximum absolute atomic E-state index is 13.6. The number of hydrogen-bond acceptors (Lipinski definition) is 4. The second kappa shape index (κ2) is 5.53. The topological polar surface area (TPSA) is 76.1 Å². The Hall–Kier alpha value is -2.08. The number of nitrogens with one attached hydrogen (secondary N) is 1. The van der Waals surface area contributed by atoms with Gasteiger partial charge in [0.05, 0.1) is 5.69 Å². The third-order valence-corrected chi connectivity index (χ3v) is 5.02. The standard InChI is InChI=1S/C17H21FN4O/c18-10-5-6-14-13(9-10)11(7-8-20-14)17(23)22-16(19)12-3-1-2-4-15(12)21-22/h5-6,9,11,17,20,23H,1-4,7-8,19H2. The highest BCUT2D eigenvalue weighted by atomic mass is 19.1. The second-order valence-corrected chi connectivity index (χ2v) is 6.43. The zero-order valence-electron chi connectivity index (χ0n) is 12.9. The Labute approximate surface area is 134 Å². The van der Waals surface area contributed by atoms with Crippen LogP contribution in [0.2, 0.25) is 0 Å². The lowest BCUT2D eigenvalue weighted by atomic mass is 9.89. The van der Waals surface area contributed by atoms with E-state index >= 15 is 0 Å². The Morgan fingerprint density at radius 3 is 3.00 bits per heavy atom. The molecule has 23 heavy (non-hydrogen) atoms. The van der Waals surface area contributed by atoms with Crippen molar-refractivity contribution in [2.24, 2.45) is 0 Å². The quantitative estimate of drug-likeness (QED) is 0.796. The summed E-state index contributed by atoms with van der Waals surface area (Å²) < 4.78 is 15.2. The molecular weight excluding hydrogens is 295 g/mol. The molecule has 0 fully saturated rings. The molecule has 0 spiro atoms. The average molecular weight is 316 g/mol. The van der Waals surface area contributed by atoms with Crippen molar-refractivity contribution in [1.82, 2.24) is 9.78 Å². The predicted octanol–water partition coefficient (Wildman–Crippen LogP) is 2.57. The first kappa shape index (κ1) is 14.5. The van der Waals surface area contributed by atoms with Crippen molar-refractivity contribution in [2.75, 3.05) is 17.6 Å². The molecular formula is C17H21FN4O. The molecule has 0 amide bonds. The number of halogens is 1. The maximum atomic E-state index is 13.6. The molecule has 2 atom stereocenters. The van der Waals surface area contributed by atoms with E-state index in [0.29, 0.717) is 12.2 Å². The first-order chi connectivity index (χ1) is 11.1. The van der Waals surface area contributed by atoms with E-state index in [2.05, 4.69) is 10.4 Å². The Kier molecular flexibility index (Phi) is 3.49. The molecule has 1 aliphatic heterocycles. The van der Waals surface area contributed by atoms with E-state index in [1.807, 2.05) is 0 Å². The van der Waals surface area contributed by atoms with Crippen LogP contribution < -0.4 is 11.1 Å². The van der Waals surface area contributed by atoms with Crippen LogP contribution in [-0.4, -0.2) is 21.4 Å². The number of rotatable bonds is 2. The Bertz CT molecular complexity index is 742. The molecule has 0 radical (unpaired) electrons. The fourth-order valence-corrected chi connectivity index (χ4v) is 3.80. The number of aryl methyl sites for hydroxylation is 1. The van der Waals surface area contributed by atoms with Crippen molar-refractivity contribution >= 4 is 11.5 Å². The van der Waals surface area contributed by atoms with Gasteiger partial charge in [0.15, 0.2) is 6.23 Å². The number of aliphatic hydroxyl groups is 1. The Balaban J connectivity index is 1.72. The predicted molar refractivity (Wildman–Crippen MR) is 86.8 cm³/mol. The first-order valence-corrected chi connectivity index (χ1v) is 8.22. The summed E-state index contributed by atoms with van der Waals surface area (Å²) in [6.45, 7) is 0.737. The highest BCUT2D eigenvalue weighted by Crippen LogP contribution is 2.40. The van der Waals surface area contributed by atoms with Crippen LogP contribution in [-0.2, 0) is 12.8 Å². The zero-order chi connectivity index (χ0) is 16.0. The summed E-state index contributed by atoms with van der Waals surface area (Å²) in [4.78, 5) is 0. The van der Waals surface area contributed by atoms with Crippen LogP contribution in [0.15, 0.2) is 18.2 Å². The van der Waals surface area contributed by atoms with Crippen LogP contribution in [0.25, 0.3) is 0 Å². The Morgan fingerprint density at radius 2 is 2.17 bits per heavy atom. The van der Waals surface area contributed by atoms with Crippen molar-refractivity contribution in [1.29, 1.82) is 0 Å². The molecule has 1 aromatic carbocycles. The lowest BCUT2D eigenvalue weighted by molar-refractivity contribution is 0.0600. The fraction of sp³-hybridized carbons (Fsp3) is 0.471. The largest absolute Gasteiger partial charge is 0.385 e. The van der Waals surface area contributed by atoms with E-state index in [9.17, 15) is 9.50 Å². The number of benzene rings is 1. The Morgan fingerprint density at radius 1 is 1.35 bits per heavy atom. The van der Waals surface area contributed by atoms with E-state index in [4.69, 9.17) is 5.73 Å². The summed E-state index contributed by atoms with van der Waals surface area (Å²) >= 11 is 0. The summed E-state index contributed by atoms with van der Waals surface area (Å²) in [7, 11) is 0. The van der Waals surface area contributed by atoms with Crippen LogP contribution in [0.4, 0.5) is 15.9 Å². The fourth-order valence-electron chi connectivity index (χ4n) is 3.80. The molecule has 5 nitrogen and oxygen atoms in total. The molecule has 0 saturated heterocycles. The number of anilines is 2. The van der Waals surface area contributed by atoms with Crippen LogP contribution in [0.3, 0.4) is 0 Å². The van der Waals surface area contributed by atoms with Gasteiger partial charge in [-0.05, 0) is 55.9 Å². The lowest BCUT2D eigenvalue weighted by Crippen LogP contribution is -2.26. The summed E-state index contributed by atoms with van der Waals surface area (Å²) in [6.07, 6.45) is 3.90. The van der Waals surface area contributed by atoms with Gasteiger partial charge in [-0.25, -0.2) is 9.07 Å². The smallest absolute Gasteiger partial charge is 0.156 e. The maximum Gasteiger partial charge on any atom is 0.156 e. The molecule has 2 aromatic rings. The van der Waals surface area contributed by atoms with Gasteiger partial charge in [-0.1, -0.05) is 0 Å². The molecule has 1 aliphatic carbocycles. The average Bonchev–Trinajstić information content (AvgIpc) is 2.91. The van der Waals surface area contributed by atoms with Crippen molar-refractivity contribution in [3.8, 4) is 0 Å². The summed E-state index contributed by atoms with van der Waals surface area (Å²) in [5.41, 5.74) is 9.97. The zero-order valence-corrected chi connectivity index (χ0v) is 12.9. The number of aliphatic hydroxyl groups excluding tert-OH is 1. The van der Waals surface area contributed by atoms with E-state index in [-0.39, 0.29) is 11.7 Å². The van der Waals surface area contributed by atoms with Crippen LogP contribution >= 0.6 is 0 Å². The number of aromatic nitrogens is 2. The van der Waals surface area contributed by atoms with E-state index < -0.39 is 6.23 Å².